The van der Waals surface area contributed by atoms with Crippen molar-refractivity contribution in [2.75, 3.05) is 31.2 Å². The molecule has 6 heteroatoms. The summed E-state index contributed by atoms with van der Waals surface area (Å²) in [5.41, 5.74) is 7.24. The minimum absolute atomic E-state index is 0.0364. The molecule has 0 aliphatic heterocycles. The third kappa shape index (κ3) is 3.92. The molecule has 4 nitrogen and oxygen atoms in total. The highest BCUT2D eigenvalue weighted by molar-refractivity contribution is 9.10. The van der Waals surface area contributed by atoms with Gasteiger partial charge in [-0.05, 0) is 34.1 Å². The lowest BCUT2D eigenvalue weighted by molar-refractivity contribution is 0.281. The second-order valence-electron chi connectivity index (χ2n) is 3.46. The Kier molecular flexibility index (Phi) is 5.84. The Balaban J connectivity index is 2.97. The SMILES string of the molecule is NC(=S)c1ccc(N(CCO)CCO)cc1Br. The van der Waals surface area contributed by atoms with Crippen molar-refractivity contribution in [2.45, 2.75) is 0 Å². The Morgan fingerprint density at radius 2 is 1.88 bits per heavy atom. The molecule has 0 bridgehead atoms. The van der Waals surface area contributed by atoms with E-state index in [1.807, 2.05) is 23.1 Å². The maximum Gasteiger partial charge on any atom is 0.105 e. The number of aliphatic hydroxyl groups excluding tert-OH is 2. The third-order valence-corrected chi connectivity index (χ3v) is 3.20. The second-order valence-corrected chi connectivity index (χ2v) is 4.76. The quantitative estimate of drug-likeness (QED) is 0.679. The van der Waals surface area contributed by atoms with Gasteiger partial charge in [-0.3, -0.25) is 0 Å². The van der Waals surface area contributed by atoms with Crippen molar-refractivity contribution < 1.29 is 10.2 Å². The van der Waals surface area contributed by atoms with Crippen LogP contribution in [0.4, 0.5) is 5.69 Å². The highest BCUT2D eigenvalue weighted by atomic mass is 79.9. The molecule has 1 rings (SSSR count). The van der Waals surface area contributed by atoms with E-state index in [0.717, 1.165) is 15.7 Å². The molecule has 94 valence electrons. The number of nitrogens with zero attached hydrogens (tertiary/aromatic N) is 1. The van der Waals surface area contributed by atoms with Crippen LogP contribution in [0, 0.1) is 0 Å². The average Bonchev–Trinajstić information content (AvgIpc) is 2.28. The summed E-state index contributed by atoms with van der Waals surface area (Å²) in [7, 11) is 0. The van der Waals surface area contributed by atoms with E-state index < -0.39 is 0 Å². The number of benzene rings is 1. The number of hydrogen-bond donors (Lipinski definition) is 3. The van der Waals surface area contributed by atoms with Crippen LogP contribution < -0.4 is 10.6 Å². The highest BCUT2D eigenvalue weighted by Crippen LogP contribution is 2.24. The number of aliphatic hydroxyl groups is 2. The zero-order chi connectivity index (χ0) is 12.8. The van der Waals surface area contributed by atoms with Crippen molar-refractivity contribution in [3.63, 3.8) is 0 Å². The minimum atomic E-state index is 0.0364. The molecular weight excluding hydrogens is 304 g/mol. The Bertz CT molecular complexity index is 395. The van der Waals surface area contributed by atoms with Crippen LogP contribution in [0.1, 0.15) is 5.56 Å². The van der Waals surface area contributed by atoms with Crippen LogP contribution >= 0.6 is 28.1 Å². The summed E-state index contributed by atoms with van der Waals surface area (Å²) >= 11 is 8.31. The van der Waals surface area contributed by atoms with Gasteiger partial charge in [0.15, 0.2) is 0 Å². The Morgan fingerprint density at radius 1 is 1.29 bits per heavy atom. The molecule has 0 heterocycles. The van der Waals surface area contributed by atoms with Crippen LogP contribution in [0.3, 0.4) is 0 Å². The van der Waals surface area contributed by atoms with Crippen LogP contribution in [-0.4, -0.2) is 41.5 Å². The van der Waals surface area contributed by atoms with Gasteiger partial charge >= 0.3 is 0 Å². The first-order chi connectivity index (χ1) is 8.10. The number of nitrogens with two attached hydrogens (primary N) is 1. The second kappa shape index (κ2) is 6.90. The van der Waals surface area contributed by atoms with Gasteiger partial charge in [0.05, 0.1) is 13.2 Å². The van der Waals surface area contributed by atoms with Crippen LogP contribution in [0.25, 0.3) is 0 Å². The van der Waals surface area contributed by atoms with Gasteiger partial charge in [0.1, 0.15) is 4.99 Å². The molecule has 0 spiro atoms. The topological polar surface area (TPSA) is 69.7 Å². The lowest BCUT2D eigenvalue weighted by Gasteiger charge is -2.23. The van der Waals surface area contributed by atoms with Crippen molar-refractivity contribution in [3.8, 4) is 0 Å². The summed E-state index contributed by atoms with van der Waals surface area (Å²) in [6.07, 6.45) is 0. The molecule has 17 heavy (non-hydrogen) atoms. The summed E-state index contributed by atoms with van der Waals surface area (Å²) in [5.74, 6) is 0. The average molecular weight is 319 g/mol. The van der Waals surface area contributed by atoms with E-state index in [-0.39, 0.29) is 13.2 Å². The number of anilines is 1. The molecule has 0 saturated heterocycles. The van der Waals surface area contributed by atoms with Crippen molar-refractivity contribution in [1.29, 1.82) is 0 Å². The van der Waals surface area contributed by atoms with Gasteiger partial charge in [-0.15, -0.1) is 0 Å². The number of rotatable bonds is 6. The monoisotopic (exact) mass is 318 g/mol. The number of halogens is 1. The van der Waals surface area contributed by atoms with Crippen LogP contribution in [-0.2, 0) is 0 Å². The Labute approximate surface area is 114 Å². The van der Waals surface area contributed by atoms with E-state index in [2.05, 4.69) is 15.9 Å². The molecule has 0 aromatic heterocycles. The molecule has 0 aliphatic carbocycles. The maximum atomic E-state index is 8.96. The van der Waals surface area contributed by atoms with Gasteiger partial charge in [0, 0.05) is 28.8 Å². The predicted octanol–water partition coefficient (Wildman–Crippen LogP) is 0.874. The minimum Gasteiger partial charge on any atom is -0.395 e. The lowest BCUT2D eigenvalue weighted by Crippen LogP contribution is -2.29. The van der Waals surface area contributed by atoms with Crippen molar-refractivity contribution in [1.82, 2.24) is 0 Å². The van der Waals surface area contributed by atoms with E-state index in [1.54, 1.807) is 0 Å². The number of hydrogen-bond acceptors (Lipinski definition) is 4. The van der Waals surface area contributed by atoms with E-state index in [9.17, 15) is 0 Å². The molecule has 0 radical (unpaired) electrons. The van der Waals surface area contributed by atoms with Gasteiger partial charge < -0.3 is 20.8 Å². The van der Waals surface area contributed by atoms with Crippen molar-refractivity contribution in [3.05, 3.63) is 28.2 Å². The fraction of sp³-hybridized carbons (Fsp3) is 0.364. The Hall–Kier alpha value is -0.690. The highest BCUT2D eigenvalue weighted by Gasteiger charge is 2.09. The standard InChI is InChI=1S/C11H15BrN2O2S/c12-10-7-8(1-2-9(10)11(13)17)14(3-5-15)4-6-16/h1-2,7,15-16H,3-6H2,(H2,13,17). The normalized spacial score (nSPS) is 10.3. The molecule has 0 saturated carbocycles. The fourth-order valence-corrected chi connectivity index (χ4v) is 2.40. The first-order valence-corrected chi connectivity index (χ1v) is 6.36. The molecule has 0 atom stereocenters. The van der Waals surface area contributed by atoms with E-state index in [0.29, 0.717) is 18.1 Å². The fourth-order valence-electron chi connectivity index (χ4n) is 1.51. The van der Waals surface area contributed by atoms with Gasteiger partial charge in [0.25, 0.3) is 0 Å². The summed E-state index contributed by atoms with van der Waals surface area (Å²) in [6.45, 7) is 1.02. The summed E-state index contributed by atoms with van der Waals surface area (Å²) < 4.78 is 0.809. The third-order valence-electron chi connectivity index (χ3n) is 2.32. The van der Waals surface area contributed by atoms with E-state index >= 15 is 0 Å². The smallest absolute Gasteiger partial charge is 0.105 e. The molecule has 1 aromatic rings. The summed E-state index contributed by atoms with van der Waals surface area (Å²) in [5, 5.41) is 17.9. The van der Waals surface area contributed by atoms with Crippen LogP contribution in [0.2, 0.25) is 0 Å². The summed E-state index contributed by atoms with van der Waals surface area (Å²) in [6, 6.07) is 5.56. The Morgan fingerprint density at radius 3 is 2.29 bits per heavy atom. The molecule has 0 fully saturated rings. The molecule has 0 unspecified atom stereocenters. The lowest BCUT2D eigenvalue weighted by atomic mass is 10.2. The maximum absolute atomic E-state index is 8.96. The van der Waals surface area contributed by atoms with E-state index in [4.69, 9.17) is 28.2 Å². The van der Waals surface area contributed by atoms with Crippen molar-refractivity contribution in [2.24, 2.45) is 5.73 Å². The zero-order valence-corrected chi connectivity index (χ0v) is 11.7. The molecule has 1 aromatic carbocycles. The van der Waals surface area contributed by atoms with Gasteiger partial charge in [0.2, 0.25) is 0 Å². The van der Waals surface area contributed by atoms with Gasteiger partial charge in [-0.25, -0.2) is 0 Å². The van der Waals surface area contributed by atoms with Gasteiger partial charge in [-0.2, -0.15) is 0 Å². The first kappa shape index (κ1) is 14.4. The van der Waals surface area contributed by atoms with Gasteiger partial charge in [-0.1, -0.05) is 12.2 Å². The molecule has 0 amide bonds. The molecular formula is C11H15BrN2O2S. The van der Waals surface area contributed by atoms with Crippen LogP contribution in [0.5, 0.6) is 0 Å². The number of thiocarbonyl (C=S) groups is 1. The van der Waals surface area contributed by atoms with Crippen molar-refractivity contribution >= 4 is 38.8 Å². The largest absolute Gasteiger partial charge is 0.395 e. The predicted molar refractivity (Wildman–Crippen MR) is 76.4 cm³/mol. The molecule has 4 N–H and O–H groups in total. The summed E-state index contributed by atoms with van der Waals surface area (Å²) in [4.78, 5) is 2.22. The zero-order valence-electron chi connectivity index (χ0n) is 9.27. The first-order valence-electron chi connectivity index (χ1n) is 5.16. The van der Waals surface area contributed by atoms with E-state index in [1.165, 1.54) is 0 Å². The molecule has 0 aliphatic rings. The van der Waals surface area contributed by atoms with Crippen LogP contribution in [0.15, 0.2) is 22.7 Å².